The van der Waals surface area contributed by atoms with Gasteiger partial charge in [-0.2, -0.15) is 0 Å². The fourth-order valence-electron chi connectivity index (χ4n) is 5.72. The zero-order chi connectivity index (χ0) is 24.0. The van der Waals surface area contributed by atoms with E-state index in [0.717, 1.165) is 25.1 Å². The number of carbonyl (C=O) groups excluding carboxylic acids is 1. The Kier molecular flexibility index (Phi) is 5.77. The number of amides is 1. The summed E-state index contributed by atoms with van der Waals surface area (Å²) in [5.74, 6) is 1.65. The molecule has 3 unspecified atom stereocenters. The van der Waals surface area contributed by atoms with Gasteiger partial charge in [0.2, 0.25) is 0 Å². The summed E-state index contributed by atoms with van der Waals surface area (Å²) in [4.78, 5) is 42.5. The number of carbonyl (C=O) groups is 1. The van der Waals surface area contributed by atoms with Gasteiger partial charge in [-0.3, -0.25) is 14.2 Å². The van der Waals surface area contributed by atoms with Crippen LogP contribution in [0.15, 0.2) is 46.0 Å². The van der Waals surface area contributed by atoms with Gasteiger partial charge >= 0.3 is 5.69 Å². The molecule has 1 aromatic heterocycles. The highest BCUT2D eigenvalue weighted by molar-refractivity contribution is 5.97. The maximum atomic E-state index is 13.1. The Labute approximate surface area is 197 Å². The Morgan fingerprint density at radius 1 is 1.21 bits per heavy atom. The first-order valence-electron chi connectivity index (χ1n) is 11.8. The number of fused-ring (bicyclic) bond motifs is 4. The molecule has 1 amide bonds. The van der Waals surface area contributed by atoms with E-state index in [0.29, 0.717) is 41.3 Å². The van der Waals surface area contributed by atoms with Gasteiger partial charge in [0.25, 0.3) is 11.5 Å². The molecule has 2 heterocycles. The topological polar surface area (TPSA) is 96.4 Å². The van der Waals surface area contributed by atoms with Crippen molar-refractivity contribution in [3.63, 3.8) is 0 Å². The molecule has 2 aromatic carbocycles. The van der Waals surface area contributed by atoms with Crippen molar-refractivity contribution < 1.29 is 9.53 Å². The van der Waals surface area contributed by atoms with Crippen molar-refractivity contribution in [2.45, 2.75) is 37.8 Å². The Balaban J connectivity index is 1.42. The van der Waals surface area contributed by atoms with Crippen LogP contribution in [0.1, 0.15) is 40.2 Å². The molecule has 0 saturated carbocycles. The summed E-state index contributed by atoms with van der Waals surface area (Å²) in [5.41, 5.74) is 2.63. The van der Waals surface area contributed by atoms with E-state index in [1.54, 1.807) is 39.4 Å². The number of rotatable bonds is 5. The number of aromatic nitrogens is 2. The summed E-state index contributed by atoms with van der Waals surface area (Å²) in [7, 11) is 5.04. The standard InChI is InChI=1S/C26H30N4O4/c1-29(2)24(31)15-7-10-19-21(13-15)28-26(33)30(25(19)32)12-11-20-23-16(14-27-20)8-9-17-18(23)5-4-6-22(17)34-3/h4-7,10,13,16,20,23,27H,8-9,11-12,14H2,1-3H3,(H,28,33). The molecule has 1 aliphatic carbocycles. The van der Waals surface area contributed by atoms with E-state index < -0.39 is 5.69 Å². The lowest BCUT2D eigenvalue weighted by Crippen LogP contribution is -2.38. The van der Waals surface area contributed by atoms with Crippen molar-refractivity contribution in [1.29, 1.82) is 0 Å². The van der Waals surface area contributed by atoms with Gasteiger partial charge in [0.1, 0.15) is 5.75 Å². The number of nitrogens with zero attached hydrogens (tertiary/aromatic N) is 2. The summed E-state index contributed by atoms with van der Waals surface area (Å²) in [6.45, 7) is 1.26. The largest absolute Gasteiger partial charge is 0.496 e. The van der Waals surface area contributed by atoms with Gasteiger partial charge in [-0.05, 0) is 67.1 Å². The predicted octanol–water partition coefficient (Wildman–Crippen LogP) is 2.11. The molecule has 1 fully saturated rings. The Morgan fingerprint density at radius 3 is 2.79 bits per heavy atom. The van der Waals surface area contributed by atoms with E-state index in [1.165, 1.54) is 20.6 Å². The van der Waals surface area contributed by atoms with Crippen LogP contribution < -0.4 is 21.3 Å². The van der Waals surface area contributed by atoms with Crippen LogP contribution in [0.25, 0.3) is 10.9 Å². The van der Waals surface area contributed by atoms with Gasteiger partial charge < -0.3 is 19.9 Å². The van der Waals surface area contributed by atoms with Crippen LogP contribution >= 0.6 is 0 Å². The highest BCUT2D eigenvalue weighted by Crippen LogP contribution is 2.45. The third-order valence-electron chi connectivity index (χ3n) is 7.40. The molecular weight excluding hydrogens is 432 g/mol. The molecular formula is C26H30N4O4. The quantitative estimate of drug-likeness (QED) is 0.606. The van der Waals surface area contributed by atoms with Crippen molar-refractivity contribution in [2.24, 2.45) is 5.92 Å². The van der Waals surface area contributed by atoms with Crippen LogP contribution in [0, 0.1) is 5.92 Å². The summed E-state index contributed by atoms with van der Waals surface area (Å²) < 4.78 is 6.88. The lowest BCUT2D eigenvalue weighted by molar-refractivity contribution is 0.0827. The highest BCUT2D eigenvalue weighted by atomic mass is 16.5. The highest BCUT2D eigenvalue weighted by Gasteiger charge is 2.40. The number of nitrogens with one attached hydrogen (secondary N) is 2. The summed E-state index contributed by atoms with van der Waals surface area (Å²) >= 11 is 0. The maximum Gasteiger partial charge on any atom is 0.328 e. The molecule has 3 aromatic rings. The fraction of sp³-hybridized carbons (Fsp3) is 0.423. The molecule has 8 nitrogen and oxygen atoms in total. The van der Waals surface area contributed by atoms with Crippen molar-refractivity contribution >= 4 is 16.8 Å². The van der Waals surface area contributed by atoms with Gasteiger partial charge in [0.05, 0.1) is 18.0 Å². The number of aromatic amines is 1. The zero-order valence-electron chi connectivity index (χ0n) is 19.8. The number of ether oxygens (including phenoxy) is 1. The molecule has 0 radical (unpaired) electrons. The average Bonchev–Trinajstić information content (AvgIpc) is 3.26. The van der Waals surface area contributed by atoms with E-state index in [2.05, 4.69) is 16.4 Å². The van der Waals surface area contributed by atoms with E-state index in [9.17, 15) is 14.4 Å². The van der Waals surface area contributed by atoms with E-state index in [-0.39, 0.29) is 17.5 Å². The zero-order valence-corrected chi connectivity index (χ0v) is 19.8. The van der Waals surface area contributed by atoms with Crippen LogP contribution in [0.3, 0.4) is 0 Å². The lowest BCUT2D eigenvalue weighted by atomic mass is 9.73. The Hall–Kier alpha value is -3.39. The first kappa shape index (κ1) is 22.4. The Morgan fingerprint density at radius 2 is 2.03 bits per heavy atom. The molecule has 5 rings (SSSR count). The molecule has 34 heavy (non-hydrogen) atoms. The molecule has 2 N–H and O–H groups in total. The summed E-state index contributed by atoms with van der Waals surface area (Å²) in [6.07, 6.45) is 2.78. The van der Waals surface area contributed by atoms with E-state index >= 15 is 0 Å². The van der Waals surface area contributed by atoms with E-state index in [1.807, 2.05) is 12.1 Å². The monoisotopic (exact) mass is 462 g/mol. The first-order valence-corrected chi connectivity index (χ1v) is 11.8. The second-order valence-corrected chi connectivity index (χ2v) is 9.50. The number of hydrogen-bond donors (Lipinski definition) is 2. The number of benzene rings is 2. The minimum atomic E-state index is -0.452. The SMILES string of the molecule is COc1cccc2c1CCC1CNC(CCn3c(=O)[nH]c4cc(C(=O)N(C)C)ccc4c3=O)C21. The molecule has 0 bridgehead atoms. The molecule has 1 aliphatic heterocycles. The van der Waals surface area contributed by atoms with Gasteiger partial charge in [0, 0.05) is 38.2 Å². The molecule has 178 valence electrons. The molecule has 8 heteroatoms. The predicted molar refractivity (Wildman–Crippen MR) is 131 cm³/mol. The smallest absolute Gasteiger partial charge is 0.328 e. The van der Waals surface area contributed by atoms with E-state index in [4.69, 9.17) is 4.74 Å². The van der Waals surface area contributed by atoms with Gasteiger partial charge in [-0.25, -0.2) is 4.79 Å². The van der Waals surface area contributed by atoms with Crippen LogP contribution in [0.5, 0.6) is 5.75 Å². The summed E-state index contributed by atoms with van der Waals surface area (Å²) in [6, 6.07) is 11.2. The second-order valence-electron chi connectivity index (χ2n) is 9.50. The normalized spacial score (nSPS) is 21.2. The third kappa shape index (κ3) is 3.72. The fourth-order valence-corrected chi connectivity index (χ4v) is 5.72. The maximum absolute atomic E-state index is 13.1. The Bertz CT molecular complexity index is 1370. The molecule has 0 spiro atoms. The number of hydrogen-bond acceptors (Lipinski definition) is 5. The van der Waals surface area contributed by atoms with Crippen molar-refractivity contribution in [3.8, 4) is 5.75 Å². The van der Waals surface area contributed by atoms with Crippen LogP contribution in [0.2, 0.25) is 0 Å². The van der Waals surface area contributed by atoms with Gasteiger partial charge in [0.15, 0.2) is 0 Å². The first-order chi connectivity index (χ1) is 16.4. The van der Waals surface area contributed by atoms with Gasteiger partial charge in [-0.1, -0.05) is 12.1 Å². The van der Waals surface area contributed by atoms with Gasteiger partial charge in [-0.15, -0.1) is 0 Å². The van der Waals surface area contributed by atoms with Crippen LogP contribution in [-0.2, 0) is 13.0 Å². The lowest BCUT2D eigenvalue weighted by Gasteiger charge is -2.32. The van der Waals surface area contributed by atoms with Crippen molar-refractivity contribution in [3.05, 3.63) is 73.9 Å². The van der Waals surface area contributed by atoms with Crippen molar-refractivity contribution in [1.82, 2.24) is 19.8 Å². The minimum Gasteiger partial charge on any atom is -0.496 e. The number of H-pyrrole nitrogens is 1. The average molecular weight is 463 g/mol. The number of methoxy groups -OCH3 is 1. The van der Waals surface area contributed by atoms with Crippen molar-refractivity contribution in [2.75, 3.05) is 27.7 Å². The minimum absolute atomic E-state index is 0.179. The molecule has 3 atom stereocenters. The summed E-state index contributed by atoms with van der Waals surface area (Å²) in [5, 5.41) is 4.05. The van der Waals surface area contributed by atoms with Crippen LogP contribution in [-0.4, -0.2) is 54.1 Å². The second kappa shape index (κ2) is 8.76. The van der Waals surface area contributed by atoms with Crippen LogP contribution in [0.4, 0.5) is 0 Å². The molecule has 1 saturated heterocycles. The third-order valence-corrected chi connectivity index (χ3v) is 7.40. The molecule has 2 aliphatic rings.